The van der Waals surface area contributed by atoms with Crippen LogP contribution >= 0.6 is 23.2 Å². The van der Waals surface area contributed by atoms with Crippen molar-refractivity contribution in [3.8, 4) is 0 Å². The monoisotopic (exact) mass is 366 g/mol. The molecule has 1 fully saturated rings. The van der Waals surface area contributed by atoms with E-state index in [9.17, 15) is 4.79 Å². The number of benzene rings is 1. The highest BCUT2D eigenvalue weighted by atomic mass is 35.5. The van der Waals surface area contributed by atoms with Gasteiger partial charge in [0.05, 0.1) is 0 Å². The van der Waals surface area contributed by atoms with Gasteiger partial charge in [-0.1, -0.05) is 59.6 Å². The molecular formula is C19H24Cl2N2O. The highest BCUT2D eigenvalue weighted by Gasteiger charge is 2.30. The number of amides is 1. The van der Waals surface area contributed by atoms with Gasteiger partial charge in [0.25, 0.3) is 5.91 Å². The van der Waals surface area contributed by atoms with Crippen LogP contribution in [0.2, 0.25) is 0 Å². The molecular weight excluding hydrogens is 343 g/mol. The van der Waals surface area contributed by atoms with Gasteiger partial charge in [-0.3, -0.25) is 4.79 Å². The van der Waals surface area contributed by atoms with E-state index in [1.807, 2.05) is 35.2 Å². The third kappa shape index (κ3) is 4.25. The standard InChI is InChI=1S/C19H24Cl2N2O/c20-18(21)19(24)23(14-15-6-2-1-3-7-15)17-10-8-16(9-11-17)22-12-4-5-13-22/h1-3,6-8,17-18H,4-5,9-14H2. The minimum atomic E-state index is -1.00. The number of likely N-dealkylation sites (tertiary alicyclic amines) is 1. The van der Waals surface area contributed by atoms with Crippen LogP contribution in [0.5, 0.6) is 0 Å². The molecule has 1 unspecified atom stereocenters. The highest BCUT2D eigenvalue weighted by molar-refractivity contribution is 6.53. The lowest BCUT2D eigenvalue weighted by molar-refractivity contribution is -0.132. The van der Waals surface area contributed by atoms with Crippen LogP contribution in [0.3, 0.4) is 0 Å². The molecule has 1 aliphatic carbocycles. The van der Waals surface area contributed by atoms with Crippen molar-refractivity contribution in [2.24, 2.45) is 0 Å². The molecule has 1 aliphatic heterocycles. The number of alkyl halides is 2. The highest BCUT2D eigenvalue weighted by Crippen LogP contribution is 2.29. The molecule has 1 heterocycles. The molecule has 24 heavy (non-hydrogen) atoms. The maximum atomic E-state index is 12.5. The van der Waals surface area contributed by atoms with Crippen molar-refractivity contribution in [3.63, 3.8) is 0 Å². The summed E-state index contributed by atoms with van der Waals surface area (Å²) in [6.45, 7) is 2.91. The molecule has 0 N–H and O–H groups in total. The van der Waals surface area contributed by atoms with Crippen molar-refractivity contribution in [1.29, 1.82) is 0 Å². The first kappa shape index (κ1) is 17.6. The van der Waals surface area contributed by atoms with Crippen molar-refractivity contribution in [1.82, 2.24) is 9.80 Å². The summed E-state index contributed by atoms with van der Waals surface area (Å²) in [6.07, 6.45) is 7.77. The molecule has 3 rings (SSSR count). The van der Waals surface area contributed by atoms with Gasteiger partial charge < -0.3 is 9.80 Å². The molecule has 1 aromatic carbocycles. The molecule has 1 amide bonds. The molecule has 5 heteroatoms. The van der Waals surface area contributed by atoms with Crippen LogP contribution in [0.1, 0.15) is 37.7 Å². The van der Waals surface area contributed by atoms with Crippen LogP contribution in [0.15, 0.2) is 42.1 Å². The second kappa shape index (κ2) is 8.26. The van der Waals surface area contributed by atoms with E-state index >= 15 is 0 Å². The van der Waals surface area contributed by atoms with Crippen molar-refractivity contribution in [2.75, 3.05) is 13.1 Å². The van der Waals surface area contributed by atoms with E-state index in [1.54, 1.807) is 0 Å². The summed E-state index contributed by atoms with van der Waals surface area (Å²) in [7, 11) is 0. The molecule has 0 radical (unpaired) electrons. The summed E-state index contributed by atoms with van der Waals surface area (Å²) in [5, 5.41) is 0. The minimum absolute atomic E-state index is 0.170. The van der Waals surface area contributed by atoms with Crippen LogP contribution in [-0.4, -0.2) is 39.7 Å². The number of hydrogen-bond donors (Lipinski definition) is 0. The lowest BCUT2D eigenvalue weighted by atomic mass is 9.96. The average Bonchev–Trinajstić information content (AvgIpc) is 3.15. The maximum absolute atomic E-state index is 12.5. The average molecular weight is 367 g/mol. The van der Waals surface area contributed by atoms with E-state index in [-0.39, 0.29) is 11.9 Å². The lowest BCUT2D eigenvalue weighted by Gasteiger charge is -2.36. The van der Waals surface area contributed by atoms with Crippen LogP contribution in [0, 0.1) is 0 Å². The number of rotatable bonds is 5. The fraction of sp³-hybridized carbons (Fsp3) is 0.526. The normalized spacial score (nSPS) is 21.0. The minimum Gasteiger partial charge on any atom is -0.375 e. The first-order chi connectivity index (χ1) is 11.6. The van der Waals surface area contributed by atoms with Gasteiger partial charge in [-0.25, -0.2) is 0 Å². The third-order valence-electron chi connectivity index (χ3n) is 4.98. The molecule has 2 aliphatic rings. The fourth-order valence-electron chi connectivity index (χ4n) is 3.67. The number of nitrogens with zero attached hydrogens (tertiary/aromatic N) is 2. The van der Waals surface area contributed by atoms with E-state index in [4.69, 9.17) is 23.2 Å². The Balaban J connectivity index is 1.70. The van der Waals surface area contributed by atoms with Crippen LogP contribution in [-0.2, 0) is 11.3 Å². The Kier molecular flexibility index (Phi) is 6.07. The number of allylic oxidation sites excluding steroid dienone is 1. The molecule has 0 spiro atoms. The van der Waals surface area contributed by atoms with Gasteiger partial charge in [0.15, 0.2) is 4.84 Å². The van der Waals surface area contributed by atoms with Crippen molar-refractivity contribution >= 4 is 29.1 Å². The largest absolute Gasteiger partial charge is 0.375 e. The molecule has 3 nitrogen and oxygen atoms in total. The van der Waals surface area contributed by atoms with Crippen molar-refractivity contribution in [3.05, 3.63) is 47.7 Å². The zero-order chi connectivity index (χ0) is 16.9. The van der Waals surface area contributed by atoms with Gasteiger partial charge in [-0.2, -0.15) is 0 Å². The molecule has 1 atom stereocenters. The van der Waals surface area contributed by atoms with Gasteiger partial charge >= 0.3 is 0 Å². The Morgan fingerprint density at radius 1 is 1.21 bits per heavy atom. The summed E-state index contributed by atoms with van der Waals surface area (Å²) in [6, 6.07) is 10.2. The van der Waals surface area contributed by atoms with Crippen molar-refractivity contribution in [2.45, 2.75) is 49.5 Å². The SMILES string of the molecule is O=C(C(Cl)Cl)N(Cc1ccccc1)C1CC=C(N2CCCC2)CC1. The molecule has 0 saturated carbocycles. The Bertz CT molecular complexity index is 582. The molecule has 0 aromatic heterocycles. The Morgan fingerprint density at radius 2 is 1.92 bits per heavy atom. The van der Waals surface area contributed by atoms with Gasteiger partial charge in [-0.15, -0.1) is 0 Å². The van der Waals surface area contributed by atoms with E-state index in [1.165, 1.54) is 31.6 Å². The van der Waals surface area contributed by atoms with Crippen molar-refractivity contribution < 1.29 is 4.79 Å². The van der Waals surface area contributed by atoms with Gasteiger partial charge in [-0.05, 0) is 37.7 Å². The zero-order valence-electron chi connectivity index (χ0n) is 13.8. The van der Waals surface area contributed by atoms with E-state index < -0.39 is 4.84 Å². The zero-order valence-corrected chi connectivity index (χ0v) is 15.3. The molecule has 0 bridgehead atoms. The fourth-order valence-corrected chi connectivity index (χ4v) is 3.92. The molecule has 1 aromatic rings. The summed E-state index contributed by atoms with van der Waals surface area (Å²) in [4.78, 5) is 15.9. The van der Waals surface area contributed by atoms with Gasteiger partial charge in [0.2, 0.25) is 0 Å². The Hall–Kier alpha value is -1.19. The Labute approximate surface area is 154 Å². The first-order valence-electron chi connectivity index (χ1n) is 8.71. The third-order valence-corrected chi connectivity index (χ3v) is 5.35. The van der Waals surface area contributed by atoms with E-state index in [2.05, 4.69) is 11.0 Å². The second-order valence-electron chi connectivity index (χ2n) is 6.57. The van der Waals surface area contributed by atoms with E-state index in [0.717, 1.165) is 24.8 Å². The number of halogens is 2. The topological polar surface area (TPSA) is 23.6 Å². The number of hydrogen-bond acceptors (Lipinski definition) is 2. The van der Waals surface area contributed by atoms with Crippen LogP contribution < -0.4 is 0 Å². The smallest absolute Gasteiger partial charge is 0.256 e. The first-order valence-corrected chi connectivity index (χ1v) is 9.59. The summed E-state index contributed by atoms with van der Waals surface area (Å²) in [5.41, 5.74) is 2.55. The quantitative estimate of drug-likeness (QED) is 0.723. The van der Waals surface area contributed by atoms with E-state index in [0.29, 0.717) is 6.54 Å². The predicted molar refractivity (Wildman–Crippen MR) is 99.0 cm³/mol. The number of carbonyl (C=O) groups excluding carboxylic acids is 1. The lowest BCUT2D eigenvalue weighted by Crippen LogP contribution is -2.43. The summed E-state index contributed by atoms with van der Waals surface area (Å²) in [5.74, 6) is -0.190. The molecule has 130 valence electrons. The van der Waals surface area contributed by atoms with Gasteiger partial charge in [0.1, 0.15) is 0 Å². The second-order valence-corrected chi connectivity index (χ2v) is 7.67. The molecule has 1 saturated heterocycles. The summed E-state index contributed by atoms with van der Waals surface area (Å²) >= 11 is 11.8. The maximum Gasteiger partial charge on any atom is 0.256 e. The Morgan fingerprint density at radius 3 is 2.50 bits per heavy atom. The van der Waals surface area contributed by atoms with Crippen LogP contribution in [0.25, 0.3) is 0 Å². The number of carbonyl (C=O) groups is 1. The predicted octanol–water partition coefficient (Wildman–Crippen LogP) is 4.35. The van der Waals surface area contributed by atoms with Gasteiger partial charge in [0, 0.05) is 31.4 Å². The summed E-state index contributed by atoms with van der Waals surface area (Å²) < 4.78 is 0. The van der Waals surface area contributed by atoms with Crippen LogP contribution in [0.4, 0.5) is 0 Å².